The average Bonchev–Trinajstić information content (AvgIpc) is 3.14. The quantitative estimate of drug-likeness (QED) is 0.0638. The van der Waals surface area contributed by atoms with Gasteiger partial charge in [-0.3, -0.25) is 57.5 Å². The number of ketones is 12. The molecule has 0 aliphatic rings. The minimum absolute atomic E-state index is 0. The van der Waals surface area contributed by atoms with Gasteiger partial charge >= 0.3 is 0 Å². The van der Waals surface area contributed by atoms with Crippen molar-refractivity contribution in [3.8, 4) is 0 Å². The van der Waals surface area contributed by atoms with Crippen molar-refractivity contribution in [1.29, 1.82) is 0 Å². The minimum atomic E-state index is -0.125. The second-order valence-corrected chi connectivity index (χ2v) is 16.8. The third-order valence-electron chi connectivity index (χ3n) is 4.95. The van der Waals surface area contributed by atoms with E-state index in [-0.39, 0.29) is 217 Å². The van der Waals surface area contributed by atoms with E-state index < -0.39 is 0 Å². The molecule has 0 aliphatic heterocycles. The van der Waals surface area contributed by atoms with E-state index in [9.17, 15) is 57.5 Å². The summed E-state index contributed by atoms with van der Waals surface area (Å²) >= 11 is 0. The Hall–Kier alpha value is -6.83. The van der Waals surface area contributed by atoms with Gasteiger partial charge in [0.15, 0.2) is 69.4 Å². The summed E-state index contributed by atoms with van der Waals surface area (Å²) in [5.74, 6) is -0.750. The van der Waals surface area contributed by atoms with Crippen LogP contribution >= 0.6 is 0 Å². The summed E-state index contributed by atoms with van der Waals surface area (Å²) in [7, 11) is 0. The van der Waals surface area contributed by atoms with Gasteiger partial charge in [-0.15, -0.1) is 0 Å². The van der Waals surface area contributed by atoms with Crippen LogP contribution in [-0.4, -0.2) is 131 Å². The van der Waals surface area contributed by atoms with Gasteiger partial charge in [0.05, 0.1) is 69.1 Å². The van der Waals surface area contributed by atoms with Gasteiger partial charge in [-0.05, 0) is 166 Å². The molecule has 0 heterocycles. The van der Waals surface area contributed by atoms with E-state index in [0.717, 1.165) is 0 Å². The maximum atomic E-state index is 10.0. The van der Waals surface area contributed by atoms with E-state index in [1.807, 2.05) is 0 Å². The molecule has 87 heavy (non-hydrogen) atoms. The molecule has 0 amide bonds. The van der Waals surface area contributed by atoms with Crippen LogP contribution in [0.2, 0.25) is 0 Å². The monoisotopic (exact) mass is 1470 g/mol. The average molecular weight is 1480 g/mol. The van der Waals surface area contributed by atoms with Crippen LogP contribution in [-0.2, 0) is 136 Å². The van der Waals surface area contributed by atoms with Crippen LogP contribution in [0.5, 0.6) is 0 Å². The summed E-state index contributed by atoms with van der Waals surface area (Å²) in [6.45, 7) is 34.2. The Labute approximate surface area is 570 Å². The van der Waals surface area contributed by atoms with E-state index in [4.69, 9.17) is 61.3 Å². The fourth-order valence-electron chi connectivity index (χ4n) is 3.53. The van der Waals surface area contributed by atoms with Crippen LogP contribution in [0.15, 0.2) is 142 Å². The Kier molecular flexibility index (Phi) is 110. The van der Waals surface area contributed by atoms with Gasteiger partial charge in [0.25, 0.3) is 0 Å². The first-order chi connectivity index (χ1) is 37.5. The van der Waals surface area contributed by atoms with Gasteiger partial charge in [-0.2, -0.15) is 0 Å². The van der Waals surface area contributed by atoms with Crippen LogP contribution in [0.25, 0.3) is 0 Å². The zero-order valence-corrected chi connectivity index (χ0v) is 62.1. The number of hydrogen-bond donors (Lipinski definition) is 12. The second kappa shape index (κ2) is 81.2. The molecule has 0 spiro atoms. The summed E-state index contributed by atoms with van der Waals surface area (Å²) in [6, 6.07) is 0. The number of aliphatic hydroxyl groups excluding tert-OH is 12. The fourth-order valence-corrected chi connectivity index (χ4v) is 3.53. The summed E-state index contributed by atoms with van der Waals surface area (Å²) < 4.78 is 0. The van der Waals surface area contributed by atoms with Crippen molar-refractivity contribution in [2.75, 3.05) is 0 Å². The molecule has 0 aromatic rings. The normalized spacial score (nSPS) is 11.0. The number of aliphatic hydroxyl groups is 12. The number of allylic oxidation sites excluding steroid dienone is 24. The molecule has 12 N–H and O–H groups in total. The van der Waals surface area contributed by atoms with Crippen molar-refractivity contribution in [3.63, 3.8) is 0 Å². The van der Waals surface area contributed by atoms with E-state index in [0.29, 0.717) is 0 Å². The van der Waals surface area contributed by atoms with Gasteiger partial charge in [-0.25, -0.2) is 0 Å². The summed E-state index contributed by atoms with van der Waals surface area (Å²) in [5, 5.41) is 100. The van der Waals surface area contributed by atoms with Gasteiger partial charge < -0.3 is 61.3 Å². The predicted octanol–water partition coefficient (Wildman–Crippen LogP) is 12.4. The van der Waals surface area contributed by atoms with E-state index >= 15 is 0 Å². The summed E-state index contributed by atoms with van der Waals surface area (Å²) in [6.07, 6.45) is 14.0. The number of hydrogen-bond acceptors (Lipinski definition) is 24. The van der Waals surface area contributed by atoms with Gasteiger partial charge in [0.2, 0.25) is 0 Å². The topological polar surface area (TPSA) is 448 Å². The van der Waals surface area contributed by atoms with Gasteiger partial charge in [-0.1, -0.05) is 0 Å². The Bertz CT molecular complexity index is 1800. The molecular weight excluding hydrogens is 1380 g/mol. The first-order valence-corrected chi connectivity index (χ1v) is 24.1. The van der Waals surface area contributed by atoms with Gasteiger partial charge in [0, 0.05) is 152 Å². The van der Waals surface area contributed by atoms with E-state index in [1.54, 1.807) is 0 Å². The molecular formula is C60H96O24Zr3. The standard InChI is InChI=1S/12C5H8O2.3Zr/c12*1-4(6)3-5(2)7;;;/h12*3,6H,1-2H3;;;/b12*4-3-;;;. The SMILES string of the molecule is CC(=O)/C=C(/C)O.CC(=O)/C=C(/C)O.CC(=O)/C=C(/C)O.CC(=O)/C=C(/C)O.CC(=O)/C=C(/C)O.CC(=O)/C=C(/C)O.CC(=O)/C=C(/C)O.CC(=O)/C=C(/C)O.CC(=O)/C=C(/C)O.CC(=O)/C=C(/C)O.CC(=O)/C=C(/C)O.CC(=O)/C=C(/C)O.[Zr].[Zr].[Zr]. The molecule has 24 nitrogen and oxygen atoms in total. The molecule has 0 rings (SSSR count). The molecule has 0 saturated carbocycles. The minimum Gasteiger partial charge on any atom is -0.512 e. The maximum absolute atomic E-state index is 10.0. The number of carbonyl (C=O) groups is 12. The largest absolute Gasteiger partial charge is 0.512 e. The van der Waals surface area contributed by atoms with Crippen LogP contribution < -0.4 is 0 Å². The molecule has 0 aromatic heterocycles. The van der Waals surface area contributed by atoms with Crippen molar-refractivity contribution >= 4 is 69.4 Å². The Morgan fingerprint density at radius 2 is 0.172 bits per heavy atom. The molecule has 0 unspecified atom stereocenters. The third-order valence-corrected chi connectivity index (χ3v) is 4.95. The van der Waals surface area contributed by atoms with Crippen molar-refractivity contribution in [3.05, 3.63) is 142 Å². The molecule has 0 aromatic carbocycles. The van der Waals surface area contributed by atoms with E-state index in [2.05, 4.69) is 0 Å². The first-order valence-electron chi connectivity index (χ1n) is 24.1. The molecule has 27 heteroatoms. The zero-order chi connectivity index (χ0) is 70.3. The Morgan fingerprint density at radius 1 is 0.138 bits per heavy atom. The number of carbonyl (C=O) groups excluding carboxylic acids is 12. The molecule has 0 saturated heterocycles. The van der Waals surface area contributed by atoms with Crippen molar-refractivity contribution in [2.24, 2.45) is 0 Å². The molecule has 0 radical (unpaired) electrons. The molecule has 0 fully saturated rings. The zero-order valence-electron chi connectivity index (χ0n) is 54.7. The summed E-state index contributed by atoms with van der Waals surface area (Å²) in [4.78, 5) is 120. The molecule has 0 bridgehead atoms. The van der Waals surface area contributed by atoms with Crippen LogP contribution in [0.4, 0.5) is 0 Å². The molecule has 0 aliphatic carbocycles. The molecule has 492 valence electrons. The predicted molar refractivity (Wildman–Crippen MR) is 325 cm³/mol. The van der Waals surface area contributed by atoms with Crippen LogP contribution in [0, 0.1) is 0 Å². The maximum Gasteiger partial charge on any atom is 0.155 e. The second-order valence-electron chi connectivity index (χ2n) is 16.8. The van der Waals surface area contributed by atoms with Gasteiger partial charge in [0.1, 0.15) is 0 Å². The van der Waals surface area contributed by atoms with Crippen LogP contribution in [0.1, 0.15) is 166 Å². The Balaban J connectivity index is -0.0000000498. The van der Waals surface area contributed by atoms with Crippen molar-refractivity contribution < 1.29 is 197 Å². The molecule has 0 atom stereocenters. The summed E-state index contributed by atoms with van der Waals surface area (Å²) in [5.41, 5.74) is 0. The fraction of sp³-hybridized carbons (Fsp3) is 0.400. The smallest absolute Gasteiger partial charge is 0.155 e. The van der Waals surface area contributed by atoms with Crippen LogP contribution in [0.3, 0.4) is 0 Å². The third kappa shape index (κ3) is 278. The van der Waals surface area contributed by atoms with Crippen molar-refractivity contribution in [1.82, 2.24) is 0 Å². The first kappa shape index (κ1) is 118. The van der Waals surface area contributed by atoms with E-state index in [1.165, 1.54) is 239 Å². The number of rotatable bonds is 12. The van der Waals surface area contributed by atoms with Crippen molar-refractivity contribution in [2.45, 2.75) is 166 Å². The Morgan fingerprint density at radius 3 is 0.172 bits per heavy atom.